The van der Waals surface area contributed by atoms with Crippen molar-refractivity contribution in [3.8, 4) is 0 Å². The summed E-state index contributed by atoms with van der Waals surface area (Å²) in [4.78, 5) is 12.5. The van der Waals surface area contributed by atoms with Gasteiger partial charge in [0.05, 0.1) is 11.1 Å². The molecule has 0 saturated carbocycles. The molecule has 0 bridgehead atoms. The van der Waals surface area contributed by atoms with Crippen LogP contribution in [0.5, 0.6) is 0 Å². The molecule has 2 aromatic rings. The number of ketones is 1. The van der Waals surface area contributed by atoms with E-state index < -0.39 is 0 Å². The van der Waals surface area contributed by atoms with E-state index in [-0.39, 0.29) is 10.6 Å². The van der Waals surface area contributed by atoms with Gasteiger partial charge >= 0.3 is 0 Å². The van der Waals surface area contributed by atoms with Gasteiger partial charge in [-0.2, -0.15) is 0 Å². The molecule has 0 spiro atoms. The Morgan fingerprint density at radius 2 is 2.12 bits per heavy atom. The molecule has 0 N–H and O–H groups in total. The summed E-state index contributed by atoms with van der Waals surface area (Å²) in [7, 11) is 0. The van der Waals surface area contributed by atoms with Gasteiger partial charge in [-0.1, -0.05) is 50.8 Å². The monoisotopic (exact) mass is 296 g/mol. The summed E-state index contributed by atoms with van der Waals surface area (Å²) in [6.45, 7) is 0. The summed E-state index contributed by atoms with van der Waals surface area (Å²) in [6, 6.07) is 9.69. The van der Waals surface area contributed by atoms with Crippen molar-refractivity contribution >= 4 is 33.2 Å². The van der Waals surface area contributed by atoms with E-state index in [2.05, 4.69) is 25.5 Å². The molecular formula is C11H9BrN2OS. The van der Waals surface area contributed by atoms with Crippen LogP contribution in [0.15, 0.2) is 36.5 Å². The van der Waals surface area contributed by atoms with Gasteiger partial charge in [0.15, 0.2) is 5.78 Å². The number of hydrogen-bond donors (Lipinski definition) is 0. The topological polar surface area (TPSA) is 42.9 Å². The first-order chi connectivity index (χ1) is 7.77. The normalized spacial score (nSPS) is 12.3. The van der Waals surface area contributed by atoms with Crippen LogP contribution in [0.3, 0.4) is 0 Å². The largest absolute Gasteiger partial charge is 0.298 e. The minimum Gasteiger partial charge on any atom is -0.298 e. The van der Waals surface area contributed by atoms with E-state index in [9.17, 15) is 4.79 Å². The number of halogens is 1. The maximum Gasteiger partial charge on any atom is 0.156 e. The highest BCUT2D eigenvalue weighted by Crippen LogP contribution is 2.26. The molecule has 1 aromatic heterocycles. The first kappa shape index (κ1) is 11.4. The molecule has 1 heterocycles. The van der Waals surface area contributed by atoms with Crippen molar-refractivity contribution in [3.05, 3.63) is 47.0 Å². The van der Waals surface area contributed by atoms with Gasteiger partial charge in [0.2, 0.25) is 0 Å². The molecule has 0 fully saturated rings. The highest BCUT2D eigenvalue weighted by atomic mass is 79.9. The molecule has 0 aliphatic carbocycles. The van der Waals surface area contributed by atoms with Gasteiger partial charge in [-0.25, -0.2) is 0 Å². The molecule has 16 heavy (non-hydrogen) atoms. The van der Waals surface area contributed by atoms with Gasteiger partial charge < -0.3 is 0 Å². The second-order valence-electron chi connectivity index (χ2n) is 3.31. The third-order valence-electron chi connectivity index (χ3n) is 2.13. The smallest absolute Gasteiger partial charge is 0.156 e. The van der Waals surface area contributed by atoms with Crippen molar-refractivity contribution in [2.75, 3.05) is 0 Å². The number of nitrogens with zero attached hydrogens (tertiary/aromatic N) is 2. The quantitative estimate of drug-likeness (QED) is 0.815. The molecule has 0 amide bonds. The van der Waals surface area contributed by atoms with E-state index in [1.807, 2.05) is 30.3 Å². The Kier molecular flexibility index (Phi) is 3.79. The van der Waals surface area contributed by atoms with Crippen LogP contribution in [0.25, 0.3) is 0 Å². The van der Waals surface area contributed by atoms with Gasteiger partial charge in [-0.05, 0) is 17.1 Å². The van der Waals surface area contributed by atoms with Crippen LogP contribution in [0.4, 0.5) is 0 Å². The third-order valence-corrected chi connectivity index (χ3v) is 4.17. The predicted octanol–water partition coefficient (Wildman–Crippen LogP) is 2.79. The summed E-state index contributed by atoms with van der Waals surface area (Å²) in [5.41, 5.74) is 1.02. The van der Waals surface area contributed by atoms with E-state index in [1.165, 1.54) is 11.5 Å². The van der Waals surface area contributed by atoms with Gasteiger partial charge in [-0.3, -0.25) is 4.79 Å². The van der Waals surface area contributed by atoms with Gasteiger partial charge in [-0.15, -0.1) is 5.10 Å². The molecular weight excluding hydrogens is 288 g/mol. The molecule has 0 saturated heterocycles. The van der Waals surface area contributed by atoms with Crippen LogP contribution >= 0.6 is 27.5 Å². The fourth-order valence-corrected chi connectivity index (χ4v) is 2.37. The van der Waals surface area contributed by atoms with Gasteiger partial charge in [0.1, 0.15) is 4.83 Å². The van der Waals surface area contributed by atoms with Gasteiger partial charge in [0, 0.05) is 6.42 Å². The molecule has 0 aliphatic heterocycles. The fraction of sp³-hybridized carbons (Fsp3) is 0.182. The third kappa shape index (κ3) is 2.74. The fourth-order valence-electron chi connectivity index (χ4n) is 1.33. The molecule has 82 valence electrons. The predicted molar refractivity (Wildman–Crippen MR) is 66.7 cm³/mol. The number of hydrogen-bond acceptors (Lipinski definition) is 4. The number of carbonyl (C=O) groups excluding carboxylic acids is 1. The van der Waals surface area contributed by atoms with Crippen molar-refractivity contribution in [1.29, 1.82) is 0 Å². The van der Waals surface area contributed by atoms with Crippen molar-refractivity contribution in [3.63, 3.8) is 0 Å². The van der Waals surface area contributed by atoms with E-state index in [0.29, 0.717) is 6.42 Å². The number of carbonyl (C=O) groups is 1. The number of benzene rings is 1. The lowest BCUT2D eigenvalue weighted by Crippen LogP contribution is -2.08. The molecule has 2 rings (SSSR count). The minimum absolute atomic E-state index is 0.122. The number of aromatic nitrogens is 2. The summed E-state index contributed by atoms with van der Waals surface area (Å²) >= 11 is 4.61. The molecule has 0 aliphatic rings. The zero-order valence-corrected chi connectivity index (χ0v) is 10.7. The van der Waals surface area contributed by atoms with E-state index in [1.54, 1.807) is 6.20 Å². The van der Waals surface area contributed by atoms with Gasteiger partial charge in [0.25, 0.3) is 0 Å². The number of alkyl halides is 1. The lowest BCUT2D eigenvalue weighted by atomic mass is 10.1. The Morgan fingerprint density at radius 1 is 1.38 bits per heavy atom. The molecule has 1 unspecified atom stereocenters. The maximum absolute atomic E-state index is 11.9. The molecule has 1 aromatic carbocycles. The lowest BCUT2D eigenvalue weighted by molar-refractivity contribution is -0.117. The van der Waals surface area contributed by atoms with Crippen molar-refractivity contribution in [2.24, 2.45) is 0 Å². The van der Waals surface area contributed by atoms with Crippen LogP contribution in [-0.4, -0.2) is 15.4 Å². The standard InChI is InChI=1S/C11H9BrN2OS/c12-11(10-7-13-14-16-10)9(15)6-8-4-2-1-3-5-8/h1-5,7,11H,6H2. The second kappa shape index (κ2) is 5.32. The maximum atomic E-state index is 11.9. The Bertz CT molecular complexity index is 458. The Balaban J connectivity index is 2.04. The van der Waals surface area contributed by atoms with Crippen LogP contribution in [0, 0.1) is 0 Å². The average molecular weight is 297 g/mol. The summed E-state index contributed by atoms with van der Waals surface area (Å²) in [5, 5.41) is 3.72. The highest BCUT2D eigenvalue weighted by molar-refractivity contribution is 9.09. The minimum atomic E-state index is -0.298. The average Bonchev–Trinajstić information content (AvgIpc) is 2.83. The van der Waals surface area contributed by atoms with E-state index in [0.717, 1.165) is 10.4 Å². The first-order valence-corrected chi connectivity index (χ1v) is 6.44. The molecule has 1 atom stereocenters. The van der Waals surface area contributed by atoms with E-state index >= 15 is 0 Å². The summed E-state index contributed by atoms with van der Waals surface area (Å²) in [6.07, 6.45) is 2.04. The first-order valence-electron chi connectivity index (χ1n) is 4.75. The van der Waals surface area contributed by atoms with Crippen molar-refractivity contribution in [1.82, 2.24) is 9.59 Å². The summed E-state index contributed by atoms with van der Waals surface area (Å²) < 4.78 is 3.74. The number of Topliss-reactive ketones (excluding diaryl/α,β-unsaturated/α-hetero) is 1. The van der Waals surface area contributed by atoms with Crippen molar-refractivity contribution < 1.29 is 4.79 Å². The lowest BCUT2D eigenvalue weighted by Gasteiger charge is -2.05. The Labute approximate surface area is 106 Å². The Morgan fingerprint density at radius 3 is 2.75 bits per heavy atom. The molecule has 5 heteroatoms. The summed E-state index contributed by atoms with van der Waals surface area (Å²) in [5.74, 6) is 0.122. The number of rotatable bonds is 4. The SMILES string of the molecule is O=C(Cc1ccccc1)C(Br)c1cnns1. The molecule has 3 nitrogen and oxygen atoms in total. The van der Waals surface area contributed by atoms with Crippen LogP contribution < -0.4 is 0 Å². The zero-order chi connectivity index (χ0) is 11.4. The second-order valence-corrected chi connectivity index (χ2v) is 5.04. The van der Waals surface area contributed by atoms with Crippen LogP contribution in [0.1, 0.15) is 15.3 Å². The Hall–Kier alpha value is -1.07. The molecule has 0 radical (unpaired) electrons. The van der Waals surface area contributed by atoms with Crippen LogP contribution in [-0.2, 0) is 11.2 Å². The zero-order valence-electron chi connectivity index (χ0n) is 8.34. The highest BCUT2D eigenvalue weighted by Gasteiger charge is 2.19. The van der Waals surface area contributed by atoms with Crippen molar-refractivity contribution in [2.45, 2.75) is 11.2 Å². The van der Waals surface area contributed by atoms with E-state index in [4.69, 9.17) is 0 Å². The van der Waals surface area contributed by atoms with Crippen LogP contribution in [0.2, 0.25) is 0 Å².